The van der Waals surface area contributed by atoms with Crippen molar-refractivity contribution in [3.05, 3.63) is 42.5 Å². The standard InChI is InChI=1S/C15H23NO2/c1-3-5-10-17-11-12-18-15-8-6-14(7-9-15)13-16-4-2/h3,6-9,16H,1,4-5,10-13H2,2H3. The van der Waals surface area contributed by atoms with Crippen LogP contribution in [0.4, 0.5) is 0 Å². The fourth-order valence-corrected chi connectivity index (χ4v) is 1.46. The lowest BCUT2D eigenvalue weighted by atomic mass is 10.2. The number of nitrogens with one attached hydrogen (secondary N) is 1. The first-order chi connectivity index (χ1) is 8.86. The van der Waals surface area contributed by atoms with Gasteiger partial charge in [-0.1, -0.05) is 25.1 Å². The Morgan fingerprint density at radius 3 is 2.61 bits per heavy atom. The van der Waals surface area contributed by atoms with E-state index in [1.54, 1.807) is 0 Å². The number of hydrogen-bond acceptors (Lipinski definition) is 3. The lowest BCUT2D eigenvalue weighted by molar-refractivity contribution is 0.103. The molecule has 0 aliphatic heterocycles. The van der Waals surface area contributed by atoms with Gasteiger partial charge in [0, 0.05) is 6.54 Å². The summed E-state index contributed by atoms with van der Waals surface area (Å²) in [4.78, 5) is 0. The van der Waals surface area contributed by atoms with E-state index in [9.17, 15) is 0 Å². The van der Waals surface area contributed by atoms with Gasteiger partial charge in [-0.05, 0) is 30.7 Å². The SMILES string of the molecule is C=CCCOCCOc1ccc(CNCC)cc1. The number of rotatable bonds is 10. The molecule has 0 amide bonds. The van der Waals surface area contributed by atoms with Crippen molar-refractivity contribution >= 4 is 0 Å². The molecule has 1 aromatic carbocycles. The quantitative estimate of drug-likeness (QED) is 0.511. The van der Waals surface area contributed by atoms with Crippen molar-refractivity contribution in [3.63, 3.8) is 0 Å². The van der Waals surface area contributed by atoms with Gasteiger partial charge in [-0.3, -0.25) is 0 Å². The maximum Gasteiger partial charge on any atom is 0.119 e. The van der Waals surface area contributed by atoms with Crippen molar-refractivity contribution < 1.29 is 9.47 Å². The van der Waals surface area contributed by atoms with E-state index in [0.29, 0.717) is 19.8 Å². The average molecular weight is 249 g/mol. The second-order valence-corrected chi connectivity index (χ2v) is 3.96. The van der Waals surface area contributed by atoms with Crippen LogP contribution in [0.25, 0.3) is 0 Å². The van der Waals surface area contributed by atoms with E-state index in [4.69, 9.17) is 9.47 Å². The number of ether oxygens (including phenoxy) is 2. The van der Waals surface area contributed by atoms with Crippen LogP contribution in [0.2, 0.25) is 0 Å². The van der Waals surface area contributed by atoms with Gasteiger partial charge in [0.1, 0.15) is 12.4 Å². The highest BCUT2D eigenvalue weighted by molar-refractivity contribution is 5.27. The summed E-state index contributed by atoms with van der Waals surface area (Å²) in [5.74, 6) is 0.891. The molecule has 18 heavy (non-hydrogen) atoms. The molecule has 1 N–H and O–H groups in total. The van der Waals surface area contributed by atoms with Crippen LogP contribution in [-0.2, 0) is 11.3 Å². The minimum Gasteiger partial charge on any atom is -0.491 e. The highest BCUT2D eigenvalue weighted by Gasteiger charge is 1.95. The Labute approximate surface area is 110 Å². The van der Waals surface area contributed by atoms with Crippen molar-refractivity contribution in [2.45, 2.75) is 19.9 Å². The van der Waals surface area contributed by atoms with Gasteiger partial charge in [-0.25, -0.2) is 0 Å². The summed E-state index contributed by atoms with van der Waals surface area (Å²) >= 11 is 0. The third-order valence-corrected chi connectivity index (χ3v) is 2.47. The van der Waals surface area contributed by atoms with E-state index >= 15 is 0 Å². The summed E-state index contributed by atoms with van der Waals surface area (Å²) in [6.45, 7) is 9.55. The molecule has 0 unspecified atom stereocenters. The Kier molecular flexibility index (Phi) is 7.93. The summed E-state index contributed by atoms with van der Waals surface area (Å²) in [6.07, 6.45) is 2.74. The predicted molar refractivity (Wildman–Crippen MR) is 75.0 cm³/mol. The van der Waals surface area contributed by atoms with Gasteiger partial charge in [-0.2, -0.15) is 0 Å². The summed E-state index contributed by atoms with van der Waals surface area (Å²) in [7, 11) is 0. The molecule has 0 heterocycles. The first-order valence-corrected chi connectivity index (χ1v) is 6.48. The van der Waals surface area contributed by atoms with Crippen molar-refractivity contribution in [2.24, 2.45) is 0 Å². The summed E-state index contributed by atoms with van der Waals surface area (Å²) < 4.78 is 10.9. The van der Waals surface area contributed by atoms with Gasteiger partial charge in [0.25, 0.3) is 0 Å². The number of benzene rings is 1. The van der Waals surface area contributed by atoms with Crippen molar-refractivity contribution in [1.82, 2.24) is 5.32 Å². The Balaban J connectivity index is 2.16. The summed E-state index contributed by atoms with van der Waals surface area (Å²) in [5, 5.41) is 3.29. The zero-order valence-electron chi connectivity index (χ0n) is 11.2. The third-order valence-electron chi connectivity index (χ3n) is 2.47. The van der Waals surface area contributed by atoms with Crippen LogP contribution in [0.3, 0.4) is 0 Å². The first kappa shape index (κ1) is 14.7. The molecule has 0 aliphatic rings. The molecule has 0 atom stereocenters. The molecule has 0 radical (unpaired) electrons. The molecule has 100 valence electrons. The van der Waals surface area contributed by atoms with Crippen molar-refractivity contribution in [3.8, 4) is 5.75 Å². The second kappa shape index (κ2) is 9.68. The van der Waals surface area contributed by atoms with Crippen LogP contribution in [0.15, 0.2) is 36.9 Å². The van der Waals surface area contributed by atoms with Crippen LogP contribution < -0.4 is 10.1 Å². The zero-order valence-corrected chi connectivity index (χ0v) is 11.2. The Hall–Kier alpha value is -1.32. The fourth-order valence-electron chi connectivity index (χ4n) is 1.46. The Bertz CT molecular complexity index is 322. The first-order valence-electron chi connectivity index (χ1n) is 6.48. The summed E-state index contributed by atoms with van der Waals surface area (Å²) in [5.41, 5.74) is 1.27. The van der Waals surface area contributed by atoms with Gasteiger partial charge in [0.05, 0.1) is 13.2 Å². The lowest BCUT2D eigenvalue weighted by Gasteiger charge is -2.08. The lowest BCUT2D eigenvalue weighted by Crippen LogP contribution is -2.11. The maximum absolute atomic E-state index is 5.57. The van der Waals surface area contributed by atoms with Gasteiger partial charge in [0.2, 0.25) is 0 Å². The minimum absolute atomic E-state index is 0.587. The fraction of sp³-hybridized carbons (Fsp3) is 0.467. The molecule has 1 rings (SSSR count). The molecule has 0 spiro atoms. The molecule has 0 saturated heterocycles. The van der Waals surface area contributed by atoms with Crippen LogP contribution in [0.5, 0.6) is 5.75 Å². The van der Waals surface area contributed by atoms with E-state index in [0.717, 1.165) is 25.3 Å². The molecule has 3 heteroatoms. The van der Waals surface area contributed by atoms with Gasteiger partial charge >= 0.3 is 0 Å². The van der Waals surface area contributed by atoms with Gasteiger partial charge in [-0.15, -0.1) is 6.58 Å². The molecule has 0 aromatic heterocycles. The van der Waals surface area contributed by atoms with E-state index in [1.807, 2.05) is 18.2 Å². The van der Waals surface area contributed by atoms with E-state index in [1.165, 1.54) is 5.56 Å². The van der Waals surface area contributed by atoms with Gasteiger partial charge in [0.15, 0.2) is 0 Å². The molecule has 0 fully saturated rings. The molecular formula is C15H23NO2. The average Bonchev–Trinajstić information content (AvgIpc) is 2.42. The highest BCUT2D eigenvalue weighted by atomic mass is 16.5. The molecule has 0 bridgehead atoms. The monoisotopic (exact) mass is 249 g/mol. The zero-order chi connectivity index (χ0) is 13.1. The molecule has 0 aliphatic carbocycles. The third kappa shape index (κ3) is 6.42. The topological polar surface area (TPSA) is 30.5 Å². The maximum atomic E-state index is 5.57. The Morgan fingerprint density at radius 2 is 1.94 bits per heavy atom. The van der Waals surface area contributed by atoms with Crippen LogP contribution in [0, 0.1) is 0 Å². The normalized spacial score (nSPS) is 10.3. The molecule has 3 nitrogen and oxygen atoms in total. The van der Waals surface area contributed by atoms with Gasteiger partial charge < -0.3 is 14.8 Å². The van der Waals surface area contributed by atoms with Crippen LogP contribution >= 0.6 is 0 Å². The van der Waals surface area contributed by atoms with E-state index in [2.05, 4.69) is 31.0 Å². The Morgan fingerprint density at radius 1 is 1.17 bits per heavy atom. The largest absolute Gasteiger partial charge is 0.491 e. The smallest absolute Gasteiger partial charge is 0.119 e. The summed E-state index contributed by atoms with van der Waals surface area (Å²) in [6, 6.07) is 8.15. The molecule has 1 aromatic rings. The van der Waals surface area contributed by atoms with Crippen LogP contribution in [0.1, 0.15) is 18.9 Å². The van der Waals surface area contributed by atoms with Crippen molar-refractivity contribution in [1.29, 1.82) is 0 Å². The minimum atomic E-state index is 0.587. The second-order valence-electron chi connectivity index (χ2n) is 3.96. The number of hydrogen-bond donors (Lipinski definition) is 1. The molecule has 0 saturated carbocycles. The van der Waals surface area contributed by atoms with Crippen LogP contribution in [-0.4, -0.2) is 26.4 Å². The molecular weight excluding hydrogens is 226 g/mol. The van der Waals surface area contributed by atoms with E-state index < -0.39 is 0 Å². The predicted octanol–water partition coefficient (Wildman–Crippen LogP) is 2.77. The van der Waals surface area contributed by atoms with E-state index in [-0.39, 0.29) is 0 Å². The highest BCUT2D eigenvalue weighted by Crippen LogP contribution is 2.11. The van der Waals surface area contributed by atoms with Crippen molar-refractivity contribution in [2.75, 3.05) is 26.4 Å².